The van der Waals surface area contributed by atoms with Crippen molar-refractivity contribution in [1.82, 2.24) is 25.1 Å². The van der Waals surface area contributed by atoms with Gasteiger partial charge in [0.15, 0.2) is 5.82 Å². The van der Waals surface area contributed by atoms with E-state index in [0.717, 1.165) is 29.0 Å². The quantitative estimate of drug-likeness (QED) is 0.418. The summed E-state index contributed by atoms with van der Waals surface area (Å²) in [5, 5.41) is 7.44. The SMILES string of the molecule is COc1c(C)cnc(CN2C(=O)/C(=C/c3cc(CC(C)C)n[nH]3)c3c(Cl)nc(N)nc32)c1C. The number of aryl methyl sites for hydroxylation is 1. The molecule has 9 nitrogen and oxygen atoms in total. The molecule has 0 unspecified atom stereocenters. The fraction of sp³-hybridized carbons (Fsp3) is 0.348. The number of pyridine rings is 1. The van der Waals surface area contributed by atoms with Crippen molar-refractivity contribution in [2.75, 3.05) is 17.7 Å². The molecule has 3 aromatic heterocycles. The Kier molecular flexibility index (Phi) is 6.07. The highest BCUT2D eigenvalue weighted by atomic mass is 35.5. The van der Waals surface area contributed by atoms with Gasteiger partial charge in [0.05, 0.1) is 41.9 Å². The Morgan fingerprint density at radius 2 is 2.06 bits per heavy atom. The van der Waals surface area contributed by atoms with E-state index in [1.54, 1.807) is 19.4 Å². The first kappa shape index (κ1) is 22.7. The summed E-state index contributed by atoms with van der Waals surface area (Å²) < 4.78 is 5.51. The molecule has 0 spiro atoms. The molecule has 0 saturated carbocycles. The molecule has 0 fully saturated rings. The lowest BCUT2D eigenvalue weighted by Gasteiger charge is -2.19. The van der Waals surface area contributed by atoms with Crippen LogP contribution in [0.2, 0.25) is 5.15 Å². The molecule has 172 valence electrons. The number of nitrogen functional groups attached to an aromatic ring is 1. The number of rotatable bonds is 6. The van der Waals surface area contributed by atoms with Crippen LogP contribution in [0.1, 0.15) is 47.6 Å². The molecule has 33 heavy (non-hydrogen) atoms. The number of hydrogen-bond donors (Lipinski definition) is 2. The molecular formula is C23H26ClN7O2. The molecule has 0 saturated heterocycles. The number of halogens is 1. The highest BCUT2D eigenvalue weighted by Gasteiger charge is 2.37. The minimum absolute atomic E-state index is 0.00951. The average molecular weight is 468 g/mol. The van der Waals surface area contributed by atoms with Gasteiger partial charge in [0.1, 0.15) is 10.9 Å². The van der Waals surface area contributed by atoms with Crippen LogP contribution >= 0.6 is 11.6 Å². The lowest BCUT2D eigenvalue weighted by molar-refractivity contribution is -0.113. The van der Waals surface area contributed by atoms with Crippen LogP contribution in [-0.4, -0.2) is 38.2 Å². The van der Waals surface area contributed by atoms with Crippen molar-refractivity contribution < 1.29 is 9.53 Å². The van der Waals surface area contributed by atoms with Crippen LogP contribution in [0.15, 0.2) is 12.3 Å². The van der Waals surface area contributed by atoms with Crippen LogP contribution in [0.25, 0.3) is 11.6 Å². The molecule has 0 radical (unpaired) electrons. The molecule has 0 aromatic carbocycles. The normalized spacial score (nSPS) is 14.5. The van der Waals surface area contributed by atoms with E-state index in [1.165, 1.54) is 4.90 Å². The molecule has 0 aliphatic carbocycles. The van der Waals surface area contributed by atoms with Crippen LogP contribution in [0.5, 0.6) is 5.75 Å². The molecule has 1 aliphatic rings. The van der Waals surface area contributed by atoms with Crippen LogP contribution in [0.3, 0.4) is 0 Å². The van der Waals surface area contributed by atoms with Gasteiger partial charge in [-0.15, -0.1) is 0 Å². The average Bonchev–Trinajstić information content (AvgIpc) is 3.27. The third-order valence-electron chi connectivity index (χ3n) is 5.49. The zero-order valence-electron chi connectivity index (χ0n) is 19.2. The standard InChI is InChI=1S/C23H26ClN7O2/c1-11(2)6-14-7-15(30-29-14)8-16-18-20(24)27-23(25)28-21(18)31(22(16)32)10-17-13(4)19(33-5)12(3)9-26-17/h7-9,11H,6,10H2,1-5H3,(H,29,30)(H2,25,27,28)/b16-8+. The largest absolute Gasteiger partial charge is 0.496 e. The maximum Gasteiger partial charge on any atom is 0.260 e. The summed E-state index contributed by atoms with van der Waals surface area (Å²) in [6.45, 7) is 8.26. The number of anilines is 2. The first-order valence-corrected chi connectivity index (χ1v) is 11.0. The van der Waals surface area contributed by atoms with Crippen molar-refractivity contribution in [1.29, 1.82) is 0 Å². The monoisotopic (exact) mass is 467 g/mol. The molecule has 1 aliphatic heterocycles. The molecule has 0 atom stereocenters. The number of methoxy groups -OCH3 is 1. The lowest BCUT2D eigenvalue weighted by atomic mass is 10.1. The van der Waals surface area contributed by atoms with Gasteiger partial charge in [-0.2, -0.15) is 10.1 Å². The maximum absolute atomic E-state index is 13.5. The van der Waals surface area contributed by atoms with E-state index in [0.29, 0.717) is 34.3 Å². The Balaban J connectivity index is 1.77. The molecule has 1 amide bonds. The summed E-state index contributed by atoms with van der Waals surface area (Å²) in [5.74, 6) is 1.27. The van der Waals surface area contributed by atoms with Crippen LogP contribution in [0, 0.1) is 19.8 Å². The molecule has 4 rings (SSSR count). The van der Waals surface area contributed by atoms with Gasteiger partial charge in [-0.3, -0.25) is 19.8 Å². The van der Waals surface area contributed by atoms with E-state index >= 15 is 0 Å². The van der Waals surface area contributed by atoms with Gasteiger partial charge in [0.25, 0.3) is 5.91 Å². The Morgan fingerprint density at radius 3 is 2.76 bits per heavy atom. The van der Waals surface area contributed by atoms with Crippen LogP contribution < -0.4 is 15.4 Å². The fourth-order valence-electron chi connectivity index (χ4n) is 4.01. The number of hydrogen-bond acceptors (Lipinski definition) is 7. The number of carbonyl (C=O) groups is 1. The van der Waals surface area contributed by atoms with Crippen LogP contribution in [-0.2, 0) is 17.8 Å². The highest BCUT2D eigenvalue weighted by molar-refractivity contribution is 6.41. The summed E-state index contributed by atoms with van der Waals surface area (Å²) >= 11 is 6.43. The Morgan fingerprint density at radius 1 is 1.30 bits per heavy atom. The second-order valence-corrected chi connectivity index (χ2v) is 8.84. The summed E-state index contributed by atoms with van der Waals surface area (Å²) in [7, 11) is 1.61. The topological polar surface area (TPSA) is 123 Å². The van der Waals surface area contributed by atoms with Crippen LogP contribution in [0.4, 0.5) is 11.8 Å². The minimum atomic E-state index is -0.271. The van der Waals surface area contributed by atoms with E-state index in [4.69, 9.17) is 22.1 Å². The number of fused-ring (bicyclic) bond motifs is 1. The van der Waals surface area contributed by atoms with E-state index in [9.17, 15) is 4.79 Å². The predicted molar refractivity (Wildman–Crippen MR) is 128 cm³/mol. The number of nitrogens with zero attached hydrogens (tertiary/aromatic N) is 5. The maximum atomic E-state index is 13.5. The van der Waals surface area contributed by atoms with Gasteiger partial charge in [-0.05, 0) is 38.3 Å². The number of aromatic amines is 1. The third-order valence-corrected chi connectivity index (χ3v) is 5.76. The number of aromatic nitrogens is 5. The number of ether oxygens (including phenoxy) is 1. The molecule has 10 heteroatoms. The van der Waals surface area contributed by atoms with Gasteiger partial charge >= 0.3 is 0 Å². The number of nitrogens with one attached hydrogen (secondary N) is 1. The summed E-state index contributed by atoms with van der Waals surface area (Å²) in [5.41, 5.74) is 10.7. The van der Waals surface area contributed by atoms with Crippen molar-refractivity contribution in [2.24, 2.45) is 5.92 Å². The first-order chi connectivity index (χ1) is 15.7. The fourth-order valence-corrected chi connectivity index (χ4v) is 4.28. The second kappa shape index (κ2) is 8.82. The van der Waals surface area contributed by atoms with Gasteiger partial charge in [0, 0.05) is 17.3 Å². The summed E-state index contributed by atoms with van der Waals surface area (Å²) in [6.07, 6.45) is 4.28. The molecular weight excluding hydrogens is 442 g/mol. The molecule has 4 heterocycles. The Labute approximate surface area is 197 Å². The van der Waals surface area contributed by atoms with Gasteiger partial charge < -0.3 is 10.5 Å². The predicted octanol–water partition coefficient (Wildman–Crippen LogP) is 3.74. The molecule has 3 aromatic rings. The van der Waals surface area contributed by atoms with Crippen molar-refractivity contribution in [3.63, 3.8) is 0 Å². The van der Waals surface area contributed by atoms with Crippen molar-refractivity contribution >= 4 is 40.9 Å². The number of H-pyrrole nitrogens is 1. The van der Waals surface area contributed by atoms with Crippen molar-refractivity contribution in [2.45, 2.75) is 40.7 Å². The lowest BCUT2D eigenvalue weighted by Crippen LogP contribution is -2.27. The second-order valence-electron chi connectivity index (χ2n) is 8.48. The molecule has 0 bridgehead atoms. The van der Waals surface area contributed by atoms with Gasteiger partial charge in [-0.25, -0.2) is 4.98 Å². The smallest absolute Gasteiger partial charge is 0.260 e. The Hall–Kier alpha value is -3.46. The highest BCUT2D eigenvalue weighted by Crippen LogP contribution is 2.41. The third kappa shape index (κ3) is 4.28. The van der Waals surface area contributed by atoms with Gasteiger partial charge in [0.2, 0.25) is 5.95 Å². The number of carbonyl (C=O) groups excluding carboxylic acids is 1. The zero-order chi connectivity index (χ0) is 23.9. The van der Waals surface area contributed by atoms with Gasteiger partial charge in [-0.1, -0.05) is 25.4 Å². The Bertz CT molecular complexity index is 1270. The zero-order valence-corrected chi connectivity index (χ0v) is 20.0. The van der Waals surface area contributed by atoms with E-state index < -0.39 is 0 Å². The molecule has 3 N–H and O–H groups in total. The number of nitrogens with two attached hydrogens (primary N) is 1. The first-order valence-electron chi connectivity index (χ1n) is 10.6. The number of amides is 1. The summed E-state index contributed by atoms with van der Waals surface area (Å²) in [6, 6.07) is 1.92. The van der Waals surface area contributed by atoms with E-state index in [-0.39, 0.29) is 23.6 Å². The van der Waals surface area contributed by atoms with E-state index in [1.807, 2.05) is 19.9 Å². The van der Waals surface area contributed by atoms with E-state index in [2.05, 4.69) is 39.0 Å². The summed E-state index contributed by atoms with van der Waals surface area (Å²) in [4.78, 5) is 28.0. The van der Waals surface area contributed by atoms with Crippen molar-refractivity contribution in [3.05, 3.63) is 51.2 Å². The van der Waals surface area contributed by atoms with Crippen molar-refractivity contribution in [3.8, 4) is 5.75 Å². The minimum Gasteiger partial charge on any atom is -0.496 e.